The third-order valence-electron chi connectivity index (χ3n) is 1.49. The van der Waals surface area contributed by atoms with Crippen LogP contribution in [0.4, 0.5) is 4.39 Å². The van der Waals surface area contributed by atoms with Gasteiger partial charge in [0.1, 0.15) is 6.07 Å². The second-order valence-electron chi connectivity index (χ2n) is 2.45. The third-order valence-corrected chi connectivity index (χ3v) is 1.49. The van der Waals surface area contributed by atoms with Gasteiger partial charge >= 0.3 is 0 Å². The van der Waals surface area contributed by atoms with E-state index < -0.39 is 5.82 Å². The van der Waals surface area contributed by atoms with E-state index in [0.717, 1.165) is 0 Å². The minimum absolute atomic E-state index is 0.0634. The molecule has 0 aromatic heterocycles. The van der Waals surface area contributed by atoms with E-state index in [4.69, 9.17) is 5.26 Å². The molecule has 0 bridgehead atoms. The van der Waals surface area contributed by atoms with E-state index in [1.807, 2.05) is 0 Å². The average molecular weight is 163 g/mol. The molecule has 0 aliphatic rings. The lowest BCUT2D eigenvalue weighted by atomic mass is 10.1. The first-order chi connectivity index (χ1) is 5.69. The largest absolute Gasteiger partial charge is 0.298 e. The van der Waals surface area contributed by atoms with Crippen LogP contribution in [0.2, 0.25) is 0 Å². The van der Waals surface area contributed by atoms with Crippen molar-refractivity contribution in [1.82, 2.24) is 0 Å². The highest BCUT2D eigenvalue weighted by atomic mass is 19.1. The highest BCUT2D eigenvalue weighted by molar-refractivity contribution is 5.76. The molecule has 0 aliphatic carbocycles. The van der Waals surface area contributed by atoms with Crippen molar-refractivity contribution in [1.29, 1.82) is 5.26 Å². The number of aldehydes is 1. The summed E-state index contributed by atoms with van der Waals surface area (Å²) >= 11 is 0. The van der Waals surface area contributed by atoms with Crippen molar-refractivity contribution in [3.05, 3.63) is 34.6 Å². The number of benzene rings is 1. The molecule has 1 rings (SSSR count). The minimum Gasteiger partial charge on any atom is -0.298 e. The summed E-state index contributed by atoms with van der Waals surface area (Å²) in [5, 5.41) is 8.46. The maximum Gasteiger partial charge on any atom is 0.153 e. The molecule has 60 valence electrons. The first-order valence-electron chi connectivity index (χ1n) is 3.34. The van der Waals surface area contributed by atoms with Crippen molar-refractivity contribution in [3.63, 3.8) is 0 Å². The van der Waals surface area contributed by atoms with Crippen LogP contribution < -0.4 is 0 Å². The van der Waals surface area contributed by atoms with E-state index in [1.165, 1.54) is 12.1 Å². The van der Waals surface area contributed by atoms with Crippen LogP contribution in [0.3, 0.4) is 0 Å². The Balaban J connectivity index is 3.44. The molecule has 0 aliphatic heterocycles. The highest BCUT2D eigenvalue weighted by Gasteiger charge is 2.07. The SMILES string of the molecule is Cc1cc(C#N)c(F)c(C=O)c1. The molecular weight excluding hydrogens is 157 g/mol. The number of hydrogen-bond donors (Lipinski definition) is 0. The van der Waals surface area contributed by atoms with E-state index in [2.05, 4.69) is 0 Å². The van der Waals surface area contributed by atoms with Gasteiger partial charge in [-0.05, 0) is 24.6 Å². The quantitative estimate of drug-likeness (QED) is 0.592. The van der Waals surface area contributed by atoms with Gasteiger partial charge in [0.15, 0.2) is 12.1 Å². The monoisotopic (exact) mass is 163 g/mol. The molecule has 1 aromatic carbocycles. The van der Waals surface area contributed by atoms with E-state index in [0.29, 0.717) is 11.8 Å². The van der Waals surface area contributed by atoms with Crippen LogP contribution in [0.15, 0.2) is 12.1 Å². The van der Waals surface area contributed by atoms with Gasteiger partial charge in [-0.25, -0.2) is 4.39 Å². The van der Waals surface area contributed by atoms with Crippen molar-refractivity contribution in [2.45, 2.75) is 6.92 Å². The first-order valence-corrected chi connectivity index (χ1v) is 3.34. The van der Waals surface area contributed by atoms with E-state index in [-0.39, 0.29) is 11.1 Å². The molecular formula is C9H6FNO. The number of nitriles is 1. The number of aryl methyl sites for hydroxylation is 1. The van der Waals surface area contributed by atoms with Crippen LogP contribution in [0.25, 0.3) is 0 Å². The summed E-state index contributed by atoms with van der Waals surface area (Å²) in [6.45, 7) is 1.70. The van der Waals surface area contributed by atoms with E-state index in [9.17, 15) is 9.18 Å². The van der Waals surface area contributed by atoms with E-state index in [1.54, 1.807) is 13.0 Å². The summed E-state index contributed by atoms with van der Waals surface area (Å²) in [5.41, 5.74) is 0.554. The normalized spacial score (nSPS) is 9.08. The molecule has 1 aromatic rings. The number of carbonyl (C=O) groups excluding carboxylic acids is 1. The molecule has 0 saturated heterocycles. The standard InChI is InChI=1S/C9H6FNO/c1-6-2-7(4-11)9(10)8(3-6)5-12/h2-3,5H,1H3. The highest BCUT2D eigenvalue weighted by Crippen LogP contribution is 2.13. The van der Waals surface area contributed by atoms with Crippen LogP contribution >= 0.6 is 0 Å². The van der Waals surface area contributed by atoms with Crippen molar-refractivity contribution in [2.75, 3.05) is 0 Å². The van der Waals surface area contributed by atoms with Crippen molar-refractivity contribution >= 4 is 6.29 Å². The second kappa shape index (κ2) is 3.14. The Morgan fingerprint density at radius 2 is 2.25 bits per heavy atom. The van der Waals surface area contributed by atoms with Gasteiger partial charge in [0.05, 0.1) is 11.1 Å². The molecule has 2 nitrogen and oxygen atoms in total. The maximum atomic E-state index is 13.0. The Hall–Kier alpha value is -1.69. The van der Waals surface area contributed by atoms with Gasteiger partial charge in [-0.1, -0.05) is 0 Å². The van der Waals surface area contributed by atoms with Gasteiger partial charge in [0.2, 0.25) is 0 Å². The number of halogens is 1. The minimum atomic E-state index is -0.738. The Morgan fingerprint density at radius 3 is 2.75 bits per heavy atom. The summed E-state index contributed by atoms with van der Waals surface area (Å²) < 4.78 is 13.0. The van der Waals surface area contributed by atoms with Crippen LogP contribution in [0.1, 0.15) is 21.5 Å². The Bertz CT molecular complexity index is 366. The first kappa shape index (κ1) is 8.41. The Labute approximate surface area is 69.2 Å². The number of rotatable bonds is 1. The fraction of sp³-hybridized carbons (Fsp3) is 0.111. The smallest absolute Gasteiger partial charge is 0.153 e. The molecule has 0 atom stereocenters. The average Bonchev–Trinajstić information content (AvgIpc) is 2.08. The molecule has 3 heteroatoms. The third kappa shape index (κ3) is 1.32. The molecule has 0 saturated carbocycles. The summed E-state index contributed by atoms with van der Waals surface area (Å²) in [7, 11) is 0. The molecule has 0 radical (unpaired) electrons. The Kier molecular flexibility index (Phi) is 2.20. The van der Waals surface area contributed by atoms with Crippen LogP contribution in [-0.4, -0.2) is 6.29 Å². The molecule has 12 heavy (non-hydrogen) atoms. The predicted octanol–water partition coefficient (Wildman–Crippen LogP) is 1.82. The number of nitrogens with zero attached hydrogens (tertiary/aromatic N) is 1. The second-order valence-corrected chi connectivity index (χ2v) is 2.45. The molecule has 0 amide bonds. The lowest BCUT2D eigenvalue weighted by molar-refractivity contribution is 0.111. The number of carbonyl (C=O) groups is 1. The van der Waals surface area contributed by atoms with Gasteiger partial charge in [0, 0.05) is 0 Å². The lowest BCUT2D eigenvalue weighted by Crippen LogP contribution is -1.93. The zero-order chi connectivity index (χ0) is 9.14. The molecule has 0 spiro atoms. The van der Waals surface area contributed by atoms with Gasteiger partial charge in [-0.15, -0.1) is 0 Å². The molecule has 0 unspecified atom stereocenters. The lowest BCUT2D eigenvalue weighted by Gasteiger charge is -1.98. The molecule has 0 fully saturated rings. The van der Waals surface area contributed by atoms with Gasteiger partial charge in [-0.3, -0.25) is 4.79 Å². The van der Waals surface area contributed by atoms with Crippen LogP contribution in [0, 0.1) is 24.1 Å². The van der Waals surface area contributed by atoms with Gasteiger partial charge in [0.25, 0.3) is 0 Å². The van der Waals surface area contributed by atoms with Crippen molar-refractivity contribution in [3.8, 4) is 6.07 Å². The Morgan fingerprint density at radius 1 is 1.58 bits per heavy atom. The fourth-order valence-corrected chi connectivity index (χ4v) is 0.964. The zero-order valence-electron chi connectivity index (χ0n) is 6.47. The van der Waals surface area contributed by atoms with E-state index >= 15 is 0 Å². The summed E-state index contributed by atoms with van der Waals surface area (Å²) in [5.74, 6) is -0.738. The van der Waals surface area contributed by atoms with Crippen molar-refractivity contribution < 1.29 is 9.18 Å². The molecule has 0 heterocycles. The summed E-state index contributed by atoms with van der Waals surface area (Å²) in [6.07, 6.45) is 0.406. The maximum absolute atomic E-state index is 13.0. The zero-order valence-corrected chi connectivity index (χ0v) is 6.47. The van der Waals surface area contributed by atoms with Crippen molar-refractivity contribution in [2.24, 2.45) is 0 Å². The number of hydrogen-bond acceptors (Lipinski definition) is 2. The topological polar surface area (TPSA) is 40.9 Å². The van der Waals surface area contributed by atoms with Gasteiger partial charge in [-0.2, -0.15) is 5.26 Å². The van der Waals surface area contributed by atoms with Crippen LogP contribution in [-0.2, 0) is 0 Å². The van der Waals surface area contributed by atoms with Gasteiger partial charge < -0.3 is 0 Å². The summed E-state index contributed by atoms with van der Waals surface area (Å²) in [4.78, 5) is 10.3. The molecule has 0 N–H and O–H groups in total. The van der Waals surface area contributed by atoms with Crippen LogP contribution in [0.5, 0.6) is 0 Å². The summed E-state index contributed by atoms with van der Waals surface area (Å²) in [6, 6.07) is 4.49. The fourth-order valence-electron chi connectivity index (χ4n) is 0.964. The predicted molar refractivity (Wildman–Crippen MR) is 41.2 cm³/mol.